The summed E-state index contributed by atoms with van der Waals surface area (Å²) in [6, 6.07) is 5.63. The number of Topliss-reactive ketones (excluding diaryl/α,β-unsaturated/α-hetero) is 1. The number of carbonyl (C=O) groups excluding carboxylic acids is 6. The number of hydrogen-bond donors (Lipinski definition) is 3. The van der Waals surface area contributed by atoms with E-state index in [-0.39, 0.29) is 48.6 Å². The summed E-state index contributed by atoms with van der Waals surface area (Å²) in [6.45, 7) is 11.4. The Morgan fingerprint density at radius 1 is 0.979 bits per heavy atom. The van der Waals surface area contributed by atoms with Crippen LogP contribution in [0.2, 0.25) is 0 Å². The Morgan fingerprint density at radius 3 is 2.27 bits per heavy atom. The number of fused-ring (bicyclic) bond motifs is 1. The maximum atomic E-state index is 14.3. The van der Waals surface area contributed by atoms with Crippen LogP contribution < -0.4 is 16.0 Å². The molecule has 5 atom stereocenters. The molecule has 0 bridgehead atoms. The number of alkyl carbamates (subject to hydrolysis) is 1. The maximum absolute atomic E-state index is 14.3. The fourth-order valence-electron chi connectivity index (χ4n) is 7.30. The molecule has 4 amide bonds. The lowest BCUT2D eigenvalue weighted by molar-refractivity contribution is -0.145. The number of piperidine rings is 1. The second kappa shape index (κ2) is 15.5. The van der Waals surface area contributed by atoms with Crippen LogP contribution in [0.25, 0.3) is 0 Å². The standard InChI is InChI=1S/C36H52N4O8/c1-7-14-25(29(41)31(43)37-19-20-47-33(45)23-17-12-9-13-18-23)38-30(42)28-26-24(36(26,5)6)21-40(28)32(44)27(22-15-10-8-11-16-22)39-34(46)48-35(2,3)4/h9,12-13,17-18,22,24-28H,7-8,10-11,14-16,19-21H2,1-6H3,(H,37,43)(H,38,42)(H,39,46)/t24?,25-,26?,27?,28?/m0/s1. The smallest absolute Gasteiger partial charge is 0.408 e. The van der Waals surface area contributed by atoms with E-state index in [4.69, 9.17) is 9.47 Å². The number of benzene rings is 1. The molecular formula is C36H52N4O8. The fourth-order valence-corrected chi connectivity index (χ4v) is 7.30. The third kappa shape index (κ3) is 8.93. The third-order valence-electron chi connectivity index (χ3n) is 9.88. The molecule has 2 saturated carbocycles. The lowest BCUT2D eigenvalue weighted by Gasteiger charge is -2.37. The van der Waals surface area contributed by atoms with E-state index in [9.17, 15) is 28.8 Å². The fraction of sp³-hybridized carbons (Fsp3) is 0.667. The minimum atomic E-state index is -1.10. The molecule has 0 radical (unpaired) electrons. The molecule has 264 valence electrons. The van der Waals surface area contributed by atoms with Crippen molar-refractivity contribution in [1.82, 2.24) is 20.9 Å². The summed E-state index contributed by atoms with van der Waals surface area (Å²) >= 11 is 0. The molecule has 1 aromatic carbocycles. The number of likely N-dealkylation sites (tertiary alicyclic amines) is 1. The number of rotatable bonds is 13. The highest BCUT2D eigenvalue weighted by molar-refractivity contribution is 6.38. The number of carbonyl (C=O) groups is 6. The van der Waals surface area contributed by atoms with Gasteiger partial charge in [-0.25, -0.2) is 9.59 Å². The molecular weight excluding hydrogens is 616 g/mol. The minimum Gasteiger partial charge on any atom is -0.460 e. The Bertz CT molecular complexity index is 1350. The Kier molecular flexibility index (Phi) is 11.9. The summed E-state index contributed by atoms with van der Waals surface area (Å²) < 4.78 is 10.7. The molecule has 1 aliphatic heterocycles. The Morgan fingerprint density at radius 2 is 1.65 bits per heavy atom. The number of nitrogens with one attached hydrogen (secondary N) is 3. The number of nitrogens with zero attached hydrogens (tertiary/aromatic N) is 1. The van der Waals surface area contributed by atoms with E-state index >= 15 is 0 Å². The number of hydrogen-bond acceptors (Lipinski definition) is 8. The zero-order chi connectivity index (χ0) is 35.2. The van der Waals surface area contributed by atoms with Crippen LogP contribution in [0.1, 0.15) is 96.8 Å². The van der Waals surface area contributed by atoms with E-state index in [1.54, 1.807) is 56.0 Å². The quantitative estimate of drug-likeness (QED) is 0.163. The molecule has 0 spiro atoms. The van der Waals surface area contributed by atoms with Crippen molar-refractivity contribution in [3.05, 3.63) is 35.9 Å². The maximum Gasteiger partial charge on any atom is 0.408 e. The molecule has 3 aliphatic rings. The molecule has 4 rings (SSSR count). The van der Waals surface area contributed by atoms with Crippen LogP contribution in [0.15, 0.2) is 30.3 Å². The molecule has 12 nitrogen and oxygen atoms in total. The summed E-state index contributed by atoms with van der Waals surface area (Å²) in [6.07, 6.45) is 4.60. The predicted octanol–water partition coefficient (Wildman–Crippen LogP) is 3.77. The molecule has 12 heteroatoms. The zero-order valence-corrected chi connectivity index (χ0v) is 29.1. The number of amides is 4. The largest absolute Gasteiger partial charge is 0.460 e. The number of esters is 1. The van der Waals surface area contributed by atoms with Crippen molar-refractivity contribution in [3.8, 4) is 0 Å². The topological polar surface area (TPSA) is 160 Å². The van der Waals surface area contributed by atoms with Gasteiger partial charge in [-0.2, -0.15) is 0 Å². The molecule has 1 heterocycles. The van der Waals surface area contributed by atoms with Crippen LogP contribution in [-0.2, 0) is 28.7 Å². The van der Waals surface area contributed by atoms with Crippen LogP contribution >= 0.6 is 0 Å². The van der Waals surface area contributed by atoms with Crippen molar-refractivity contribution < 1.29 is 38.2 Å². The summed E-state index contributed by atoms with van der Waals surface area (Å²) in [5, 5.41) is 8.12. The van der Waals surface area contributed by atoms with Gasteiger partial charge in [-0.05, 0) is 75.3 Å². The van der Waals surface area contributed by atoms with Crippen molar-refractivity contribution in [2.45, 2.75) is 110 Å². The van der Waals surface area contributed by atoms with E-state index in [0.717, 1.165) is 32.1 Å². The third-order valence-corrected chi connectivity index (χ3v) is 9.88. The number of ether oxygens (including phenoxy) is 2. The monoisotopic (exact) mass is 668 g/mol. The molecule has 3 N–H and O–H groups in total. The van der Waals surface area contributed by atoms with E-state index in [1.807, 2.05) is 6.92 Å². The van der Waals surface area contributed by atoms with Gasteiger partial charge in [-0.1, -0.05) is 64.7 Å². The molecule has 0 aromatic heterocycles. The average molecular weight is 669 g/mol. The van der Waals surface area contributed by atoms with Gasteiger partial charge in [0.15, 0.2) is 0 Å². The Balaban J connectivity index is 1.43. The van der Waals surface area contributed by atoms with E-state index < -0.39 is 53.4 Å². The van der Waals surface area contributed by atoms with Gasteiger partial charge in [-0.15, -0.1) is 0 Å². The first-order valence-electron chi connectivity index (χ1n) is 17.3. The van der Waals surface area contributed by atoms with Gasteiger partial charge in [0, 0.05) is 6.54 Å². The first-order chi connectivity index (χ1) is 22.7. The van der Waals surface area contributed by atoms with Crippen LogP contribution in [0, 0.1) is 23.2 Å². The highest BCUT2D eigenvalue weighted by Gasteiger charge is 2.69. The van der Waals surface area contributed by atoms with Gasteiger partial charge in [0.05, 0.1) is 18.2 Å². The van der Waals surface area contributed by atoms with Gasteiger partial charge in [0.2, 0.25) is 17.6 Å². The van der Waals surface area contributed by atoms with E-state index in [2.05, 4.69) is 29.8 Å². The van der Waals surface area contributed by atoms with Crippen molar-refractivity contribution in [1.29, 1.82) is 0 Å². The molecule has 2 aliphatic carbocycles. The Hall–Kier alpha value is -3.96. The lowest BCUT2D eigenvalue weighted by Crippen LogP contribution is -2.60. The van der Waals surface area contributed by atoms with Crippen molar-refractivity contribution in [2.75, 3.05) is 19.7 Å². The van der Waals surface area contributed by atoms with E-state index in [1.165, 1.54) is 0 Å². The molecule has 4 unspecified atom stereocenters. The van der Waals surface area contributed by atoms with Gasteiger partial charge in [-0.3, -0.25) is 19.2 Å². The van der Waals surface area contributed by atoms with Crippen LogP contribution in [0.5, 0.6) is 0 Å². The summed E-state index contributed by atoms with van der Waals surface area (Å²) in [5.41, 5.74) is -0.556. The van der Waals surface area contributed by atoms with Gasteiger partial charge >= 0.3 is 12.1 Å². The van der Waals surface area contributed by atoms with Crippen molar-refractivity contribution in [3.63, 3.8) is 0 Å². The SMILES string of the molecule is CCC[C@H](NC(=O)C1C2C(CN1C(=O)C(NC(=O)OC(C)(C)C)C1CCCCC1)C2(C)C)C(=O)C(=O)NCCOC(=O)c1ccccc1. The molecule has 1 saturated heterocycles. The molecule has 48 heavy (non-hydrogen) atoms. The summed E-state index contributed by atoms with van der Waals surface area (Å²) in [7, 11) is 0. The minimum absolute atomic E-state index is 0.0774. The molecule has 1 aromatic rings. The summed E-state index contributed by atoms with van der Waals surface area (Å²) in [5.74, 6) is -3.18. The lowest BCUT2D eigenvalue weighted by atomic mass is 9.83. The van der Waals surface area contributed by atoms with Crippen LogP contribution in [0.4, 0.5) is 4.79 Å². The second-order valence-electron chi connectivity index (χ2n) is 14.9. The normalized spacial score (nSPS) is 22.8. The molecule has 3 fully saturated rings. The first-order valence-corrected chi connectivity index (χ1v) is 17.3. The van der Waals surface area contributed by atoms with Gasteiger partial charge < -0.3 is 30.3 Å². The van der Waals surface area contributed by atoms with Gasteiger partial charge in [0.1, 0.15) is 24.3 Å². The summed E-state index contributed by atoms with van der Waals surface area (Å²) in [4.78, 5) is 81.0. The highest BCUT2D eigenvalue weighted by atomic mass is 16.6. The van der Waals surface area contributed by atoms with Gasteiger partial charge in [0.25, 0.3) is 5.91 Å². The Labute approximate surface area is 283 Å². The van der Waals surface area contributed by atoms with Crippen LogP contribution in [-0.4, -0.2) is 83.9 Å². The average Bonchev–Trinajstić information content (AvgIpc) is 3.34. The van der Waals surface area contributed by atoms with Crippen molar-refractivity contribution >= 4 is 35.6 Å². The van der Waals surface area contributed by atoms with Crippen LogP contribution in [0.3, 0.4) is 0 Å². The van der Waals surface area contributed by atoms with Crippen molar-refractivity contribution in [2.24, 2.45) is 23.2 Å². The predicted molar refractivity (Wildman–Crippen MR) is 178 cm³/mol. The van der Waals surface area contributed by atoms with E-state index in [0.29, 0.717) is 18.5 Å². The zero-order valence-electron chi connectivity index (χ0n) is 29.1. The number of ketones is 1. The first kappa shape index (κ1) is 36.9. The highest BCUT2D eigenvalue weighted by Crippen LogP contribution is 2.65. The second-order valence-corrected chi connectivity index (χ2v) is 14.9.